The summed E-state index contributed by atoms with van der Waals surface area (Å²) in [5, 5.41) is 9.93. The molecule has 18 heavy (non-hydrogen) atoms. The van der Waals surface area contributed by atoms with Crippen molar-refractivity contribution in [2.45, 2.75) is 25.9 Å². The summed E-state index contributed by atoms with van der Waals surface area (Å²) < 4.78 is 31.4. The summed E-state index contributed by atoms with van der Waals surface area (Å²) in [5.41, 5.74) is 0.398. The molecule has 0 saturated heterocycles. The molecular formula is C14H14F2O2. The van der Waals surface area contributed by atoms with Gasteiger partial charge in [0.2, 0.25) is 0 Å². The summed E-state index contributed by atoms with van der Waals surface area (Å²) >= 11 is 0. The van der Waals surface area contributed by atoms with Gasteiger partial charge in [-0.05, 0) is 29.8 Å². The maximum atomic E-state index is 13.0. The van der Waals surface area contributed by atoms with E-state index in [9.17, 15) is 13.9 Å². The van der Waals surface area contributed by atoms with Crippen molar-refractivity contribution in [2.24, 2.45) is 0 Å². The Morgan fingerprint density at radius 3 is 2.39 bits per heavy atom. The number of halogens is 2. The predicted octanol–water partition coefficient (Wildman–Crippen LogP) is 3.40. The van der Waals surface area contributed by atoms with Gasteiger partial charge < -0.3 is 9.52 Å². The van der Waals surface area contributed by atoms with Crippen LogP contribution in [0.3, 0.4) is 0 Å². The third-order valence-corrected chi connectivity index (χ3v) is 2.71. The molecule has 1 heterocycles. The molecule has 0 fully saturated rings. The topological polar surface area (TPSA) is 33.4 Å². The largest absolute Gasteiger partial charge is 0.463 e. The van der Waals surface area contributed by atoms with E-state index in [1.807, 2.05) is 6.92 Å². The minimum atomic E-state index is -0.897. The van der Waals surface area contributed by atoms with Crippen LogP contribution < -0.4 is 0 Å². The van der Waals surface area contributed by atoms with Crippen molar-refractivity contribution in [1.29, 1.82) is 0 Å². The maximum Gasteiger partial charge on any atom is 0.133 e. The Kier molecular flexibility index (Phi) is 3.77. The molecule has 0 aliphatic rings. The Bertz CT molecular complexity index is 514. The van der Waals surface area contributed by atoms with Crippen molar-refractivity contribution in [1.82, 2.24) is 0 Å². The van der Waals surface area contributed by atoms with Gasteiger partial charge in [0.05, 0.1) is 0 Å². The Morgan fingerprint density at radius 2 is 1.83 bits per heavy atom. The van der Waals surface area contributed by atoms with Crippen molar-refractivity contribution in [2.75, 3.05) is 0 Å². The monoisotopic (exact) mass is 252 g/mol. The van der Waals surface area contributed by atoms with Crippen molar-refractivity contribution in [3.8, 4) is 0 Å². The van der Waals surface area contributed by atoms with Gasteiger partial charge in [-0.3, -0.25) is 0 Å². The number of aliphatic hydroxyl groups excluding tert-OH is 1. The van der Waals surface area contributed by atoms with Crippen LogP contribution in [0.1, 0.15) is 30.1 Å². The average Bonchev–Trinajstić information content (AvgIpc) is 2.75. The zero-order valence-electron chi connectivity index (χ0n) is 9.99. The van der Waals surface area contributed by atoms with Crippen LogP contribution in [0.4, 0.5) is 8.78 Å². The fourth-order valence-electron chi connectivity index (χ4n) is 1.82. The van der Waals surface area contributed by atoms with Crippen LogP contribution >= 0.6 is 0 Å². The van der Waals surface area contributed by atoms with Gasteiger partial charge in [-0.1, -0.05) is 6.92 Å². The van der Waals surface area contributed by atoms with E-state index < -0.39 is 17.7 Å². The second kappa shape index (κ2) is 5.31. The number of hydrogen-bond acceptors (Lipinski definition) is 2. The van der Waals surface area contributed by atoms with Gasteiger partial charge in [0.25, 0.3) is 0 Å². The van der Waals surface area contributed by atoms with Gasteiger partial charge in [0.15, 0.2) is 0 Å². The molecule has 0 spiro atoms. The molecule has 0 aliphatic carbocycles. The number of furan rings is 1. The lowest BCUT2D eigenvalue weighted by atomic mass is 10.1. The molecule has 2 aromatic rings. The standard InChI is InChI=1S/C14H14F2O2/c1-2-12-3-4-14(18-12)13(17)7-9-5-10(15)8-11(16)6-9/h3-6,8,13,17H,2,7H2,1H3. The maximum absolute atomic E-state index is 13.0. The third-order valence-electron chi connectivity index (χ3n) is 2.71. The zero-order chi connectivity index (χ0) is 13.1. The van der Waals surface area contributed by atoms with Gasteiger partial charge in [0.1, 0.15) is 29.3 Å². The molecule has 1 aromatic carbocycles. The van der Waals surface area contributed by atoms with Crippen LogP contribution in [0.15, 0.2) is 34.7 Å². The molecule has 1 atom stereocenters. The number of aryl methyl sites for hydroxylation is 1. The van der Waals surface area contributed by atoms with Crippen LogP contribution in [-0.2, 0) is 12.8 Å². The van der Waals surface area contributed by atoms with E-state index >= 15 is 0 Å². The first-order valence-electron chi connectivity index (χ1n) is 5.80. The van der Waals surface area contributed by atoms with Crippen molar-refractivity contribution >= 4 is 0 Å². The van der Waals surface area contributed by atoms with E-state index in [4.69, 9.17) is 4.42 Å². The highest BCUT2D eigenvalue weighted by molar-refractivity contribution is 5.20. The van der Waals surface area contributed by atoms with Gasteiger partial charge in [-0.2, -0.15) is 0 Å². The Balaban J connectivity index is 2.12. The summed E-state index contributed by atoms with van der Waals surface area (Å²) in [6, 6.07) is 6.67. The number of aliphatic hydroxyl groups is 1. The van der Waals surface area contributed by atoms with Gasteiger partial charge in [0, 0.05) is 18.9 Å². The van der Waals surface area contributed by atoms with Crippen LogP contribution in [-0.4, -0.2) is 5.11 Å². The molecule has 4 heteroatoms. The predicted molar refractivity (Wildman–Crippen MR) is 63.1 cm³/mol. The molecule has 96 valence electrons. The molecule has 0 aliphatic heterocycles. The first kappa shape index (κ1) is 12.8. The number of benzene rings is 1. The third kappa shape index (κ3) is 2.96. The minimum Gasteiger partial charge on any atom is -0.463 e. The summed E-state index contributed by atoms with van der Waals surface area (Å²) in [6.45, 7) is 1.94. The fourth-order valence-corrected chi connectivity index (χ4v) is 1.82. The Hall–Kier alpha value is -1.68. The zero-order valence-corrected chi connectivity index (χ0v) is 9.99. The first-order chi connectivity index (χ1) is 8.58. The van der Waals surface area contributed by atoms with E-state index in [0.717, 1.165) is 18.2 Å². The van der Waals surface area contributed by atoms with Crippen molar-refractivity contribution in [3.05, 3.63) is 59.1 Å². The summed E-state index contributed by atoms with van der Waals surface area (Å²) in [5.74, 6) is -0.109. The Morgan fingerprint density at radius 1 is 1.17 bits per heavy atom. The second-order valence-electron chi connectivity index (χ2n) is 4.16. The van der Waals surface area contributed by atoms with Crippen LogP contribution in [0.2, 0.25) is 0 Å². The summed E-state index contributed by atoms with van der Waals surface area (Å²) in [7, 11) is 0. The quantitative estimate of drug-likeness (QED) is 0.904. The highest BCUT2D eigenvalue weighted by Gasteiger charge is 2.14. The highest BCUT2D eigenvalue weighted by atomic mass is 19.1. The van der Waals surface area contributed by atoms with Gasteiger partial charge in [-0.25, -0.2) is 8.78 Å². The molecule has 2 rings (SSSR count). The SMILES string of the molecule is CCc1ccc(C(O)Cc2cc(F)cc(F)c2)o1. The molecule has 0 saturated carbocycles. The van der Waals surface area contributed by atoms with Crippen LogP contribution in [0.5, 0.6) is 0 Å². The summed E-state index contributed by atoms with van der Waals surface area (Å²) in [4.78, 5) is 0. The molecule has 1 aromatic heterocycles. The molecule has 0 amide bonds. The molecule has 0 bridgehead atoms. The lowest BCUT2D eigenvalue weighted by Gasteiger charge is -2.08. The number of hydrogen-bond donors (Lipinski definition) is 1. The van der Waals surface area contributed by atoms with Crippen molar-refractivity contribution < 1.29 is 18.3 Å². The van der Waals surface area contributed by atoms with Gasteiger partial charge >= 0.3 is 0 Å². The molecule has 1 N–H and O–H groups in total. The lowest BCUT2D eigenvalue weighted by Crippen LogP contribution is -2.01. The molecular weight excluding hydrogens is 238 g/mol. The average molecular weight is 252 g/mol. The van der Waals surface area contributed by atoms with Crippen LogP contribution in [0.25, 0.3) is 0 Å². The molecule has 1 unspecified atom stereocenters. The lowest BCUT2D eigenvalue weighted by molar-refractivity contribution is 0.148. The molecule has 2 nitrogen and oxygen atoms in total. The van der Waals surface area contributed by atoms with Gasteiger partial charge in [-0.15, -0.1) is 0 Å². The second-order valence-corrected chi connectivity index (χ2v) is 4.16. The van der Waals surface area contributed by atoms with E-state index in [1.54, 1.807) is 12.1 Å². The summed E-state index contributed by atoms with van der Waals surface area (Å²) in [6.07, 6.45) is -0.0429. The molecule has 0 radical (unpaired) electrons. The van der Waals surface area contributed by atoms with E-state index in [1.165, 1.54) is 12.1 Å². The smallest absolute Gasteiger partial charge is 0.133 e. The van der Waals surface area contributed by atoms with Crippen molar-refractivity contribution in [3.63, 3.8) is 0 Å². The normalized spacial score (nSPS) is 12.7. The number of rotatable bonds is 4. The van der Waals surface area contributed by atoms with E-state index in [0.29, 0.717) is 11.3 Å². The Labute approximate surface area is 104 Å². The van der Waals surface area contributed by atoms with Crippen LogP contribution in [0, 0.1) is 11.6 Å². The first-order valence-corrected chi connectivity index (χ1v) is 5.80. The minimum absolute atomic E-state index is 0.116. The fraction of sp³-hybridized carbons (Fsp3) is 0.286. The van der Waals surface area contributed by atoms with E-state index in [-0.39, 0.29) is 6.42 Å². The highest BCUT2D eigenvalue weighted by Crippen LogP contribution is 2.22. The van der Waals surface area contributed by atoms with E-state index in [2.05, 4.69) is 0 Å².